The third-order valence-electron chi connectivity index (χ3n) is 5.72. The highest BCUT2D eigenvalue weighted by Crippen LogP contribution is 2.36. The molecule has 1 atom stereocenters. The van der Waals surface area contributed by atoms with Crippen molar-refractivity contribution in [1.29, 1.82) is 0 Å². The average molecular weight is 444 g/mol. The second kappa shape index (κ2) is 8.13. The van der Waals surface area contributed by atoms with Gasteiger partial charge >= 0.3 is 0 Å². The number of benzene rings is 1. The first-order valence-corrected chi connectivity index (χ1v) is 11.9. The van der Waals surface area contributed by atoms with Crippen molar-refractivity contribution >= 4 is 39.0 Å². The SMILES string of the molecule is O=c1c2c3c(sc2nc(SCc2ccc([N+](=O)[O-])cc2)n1C[C@H]1CCCO1)CCC3. The zero-order valence-corrected chi connectivity index (χ0v) is 18.0. The topological polar surface area (TPSA) is 87.3 Å². The Labute approximate surface area is 181 Å². The van der Waals surface area contributed by atoms with E-state index in [1.54, 1.807) is 28.0 Å². The van der Waals surface area contributed by atoms with Gasteiger partial charge in [0.1, 0.15) is 4.83 Å². The van der Waals surface area contributed by atoms with Crippen molar-refractivity contribution in [2.75, 3.05) is 6.61 Å². The fourth-order valence-electron chi connectivity index (χ4n) is 4.18. The predicted molar refractivity (Wildman–Crippen MR) is 118 cm³/mol. The minimum atomic E-state index is -0.401. The number of rotatable bonds is 6. The van der Waals surface area contributed by atoms with Crippen LogP contribution in [0, 0.1) is 10.1 Å². The Bertz CT molecular complexity index is 1160. The Morgan fingerprint density at radius 1 is 1.27 bits per heavy atom. The second-order valence-electron chi connectivity index (χ2n) is 7.69. The Morgan fingerprint density at radius 2 is 2.10 bits per heavy atom. The highest BCUT2D eigenvalue weighted by Gasteiger charge is 2.25. The van der Waals surface area contributed by atoms with Crippen molar-refractivity contribution in [3.8, 4) is 0 Å². The van der Waals surface area contributed by atoms with Crippen LogP contribution < -0.4 is 5.56 Å². The van der Waals surface area contributed by atoms with Gasteiger partial charge in [-0.05, 0) is 43.2 Å². The number of hydrogen-bond acceptors (Lipinski definition) is 7. The molecule has 1 fully saturated rings. The van der Waals surface area contributed by atoms with Crippen LogP contribution >= 0.6 is 23.1 Å². The van der Waals surface area contributed by atoms with Crippen molar-refractivity contribution in [2.24, 2.45) is 0 Å². The van der Waals surface area contributed by atoms with Gasteiger partial charge < -0.3 is 4.74 Å². The summed E-state index contributed by atoms with van der Waals surface area (Å²) < 4.78 is 7.58. The first-order chi connectivity index (χ1) is 14.6. The molecule has 1 aliphatic carbocycles. The van der Waals surface area contributed by atoms with Gasteiger partial charge in [0, 0.05) is 29.4 Å². The molecule has 30 heavy (non-hydrogen) atoms. The lowest BCUT2D eigenvalue weighted by Gasteiger charge is -2.16. The lowest BCUT2D eigenvalue weighted by Crippen LogP contribution is -2.28. The number of nitro groups is 1. The third-order valence-corrected chi connectivity index (χ3v) is 7.95. The summed E-state index contributed by atoms with van der Waals surface area (Å²) in [5.74, 6) is 0.590. The molecule has 1 aromatic carbocycles. The molecule has 0 bridgehead atoms. The van der Waals surface area contributed by atoms with E-state index in [0.717, 1.165) is 54.5 Å². The fourth-order valence-corrected chi connectivity index (χ4v) is 6.45. The number of ether oxygens (including phenoxy) is 1. The Morgan fingerprint density at radius 3 is 2.83 bits per heavy atom. The number of nitrogens with zero attached hydrogens (tertiary/aromatic N) is 3. The summed E-state index contributed by atoms with van der Waals surface area (Å²) in [7, 11) is 0. The summed E-state index contributed by atoms with van der Waals surface area (Å²) in [5, 5.41) is 12.4. The monoisotopic (exact) mass is 443 g/mol. The van der Waals surface area contributed by atoms with Gasteiger partial charge in [-0.3, -0.25) is 19.5 Å². The van der Waals surface area contributed by atoms with Crippen molar-refractivity contribution in [2.45, 2.75) is 55.7 Å². The van der Waals surface area contributed by atoms with E-state index in [9.17, 15) is 14.9 Å². The third kappa shape index (κ3) is 3.66. The zero-order chi connectivity index (χ0) is 20.7. The van der Waals surface area contributed by atoms with Crippen molar-refractivity contribution in [1.82, 2.24) is 9.55 Å². The Balaban J connectivity index is 1.49. The number of thioether (sulfide) groups is 1. The van der Waals surface area contributed by atoms with Crippen LogP contribution in [0.5, 0.6) is 0 Å². The molecule has 0 amide bonds. The minimum absolute atomic E-state index is 0.0427. The molecule has 1 saturated heterocycles. The van der Waals surface area contributed by atoms with Gasteiger partial charge in [-0.1, -0.05) is 23.9 Å². The smallest absolute Gasteiger partial charge is 0.269 e. The van der Waals surface area contributed by atoms with Crippen LogP contribution in [0.2, 0.25) is 0 Å². The Kier molecular flexibility index (Phi) is 5.34. The van der Waals surface area contributed by atoms with E-state index in [4.69, 9.17) is 9.72 Å². The van der Waals surface area contributed by atoms with Gasteiger partial charge in [0.15, 0.2) is 5.16 Å². The molecule has 0 N–H and O–H groups in total. The molecule has 7 nitrogen and oxygen atoms in total. The van der Waals surface area contributed by atoms with Gasteiger partial charge in [-0.15, -0.1) is 11.3 Å². The number of non-ortho nitro benzene ring substituents is 1. The number of hydrogen-bond donors (Lipinski definition) is 0. The lowest BCUT2D eigenvalue weighted by molar-refractivity contribution is -0.384. The van der Waals surface area contributed by atoms with Gasteiger partial charge in [0.25, 0.3) is 11.2 Å². The van der Waals surface area contributed by atoms with Crippen LogP contribution in [0.25, 0.3) is 10.2 Å². The van der Waals surface area contributed by atoms with Crippen LogP contribution in [0.1, 0.15) is 35.3 Å². The van der Waals surface area contributed by atoms with Gasteiger partial charge in [-0.2, -0.15) is 0 Å². The molecule has 156 valence electrons. The summed E-state index contributed by atoms with van der Waals surface area (Å²) in [4.78, 5) is 31.0. The fraction of sp³-hybridized carbons (Fsp3) is 0.429. The maximum absolute atomic E-state index is 13.5. The number of aromatic nitrogens is 2. The molecule has 1 aliphatic heterocycles. The van der Waals surface area contributed by atoms with Crippen molar-refractivity contribution in [3.05, 3.63) is 60.7 Å². The molecule has 0 radical (unpaired) electrons. The second-order valence-corrected chi connectivity index (χ2v) is 9.72. The van der Waals surface area contributed by atoms with Crippen molar-refractivity contribution < 1.29 is 9.66 Å². The maximum atomic E-state index is 13.5. The van der Waals surface area contributed by atoms with Crippen molar-refractivity contribution in [3.63, 3.8) is 0 Å². The average Bonchev–Trinajstić information content (AvgIpc) is 3.46. The van der Waals surface area contributed by atoms with Gasteiger partial charge in [0.2, 0.25) is 0 Å². The standard InChI is InChI=1S/C21H21N3O4S2/c25-20-18-16-4-1-5-17(16)30-19(18)22-21(23(20)11-15-3-2-10-28-15)29-12-13-6-8-14(9-7-13)24(26)27/h6-9,15H,1-5,10-12H2/t15-/m1/s1. The molecule has 0 unspecified atom stereocenters. The first kappa shape index (κ1) is 19.7. The van der Waals surface area contributed by atoms with E-state index >= 15 is 0 Å². The van der Waals surface area contributed by atoms with E-state index in [1.165, 1.54) is 34.3 Å². The summed E-state index contributed by atoms with van der Waals surface area (Å²) in [6.07, 6.45) is 5.13. The molecule has 0 saturated carbocycles. The van der Waals surface area contributed by atoms with Crippen LogP contribution in [-0.4, -0.2) is 27.2 Å². The van der Waals surface area contributed by atoms with Gasteiger partial charge in [-0.25, -0.2) is 4.98 Å². The molecule has 9 heteroatoms. The minimum Gasteiger partial charge on any atom is -0.376 e. The maximum Gasteiger partial charge on any atom is 0.269 e. The Hall–Kier alpha value is -2.23. The largest absolute Gasteiger partial charge is 0.376 e. The van der Waals surface area contributed by atoms with E-state index in [2.05, 4.69) is 0 Å². The van der Waals surface area contributed by atoms with E-state index < -0.39 is 4.92 Å². The number of thiophene rings is 1. The zero-order valence-electron chi connectivity index (χ0n) is 16.3. The normalized spacial score (nSPS) is 18.2. The molecular weight excluding hydrogens is 422 g/mol. The number of aryl methyl sites for hydroxylation is 2. The molecule has 3 aromatic rings. The van der Waals surface area contributed by atoms with Gasteiger partial charge in [0.05, 0.1) is 23.0 Å². The molecular formula is C21H21N3O4S2. The van der Waals surface area contributed by atoms with Crippen LogP contribution in [0.4, 0.5) is 5.69 Å². The lowest BCUT2D eigenvalue weighted by atomic mass is 10.2. The van der Waals surface area contributed by atoms with E-state index in [1.807, 2.05) is 0 Å². The van der Waals surface area contributed by atoms with Crippen LogP contribution in [-0.2, 0) is 29.9 Å². The first-order valence-electron chi connectivity index (χ1n) is 10.1. The molecule has 5 rings (SSSR count). The van der Waals surface area contributed by atoms with E-state index in [-0.39, 0.29) is 17.4 Å². The van der Waals surface area contributed by atoms with Crippen LogP contribution in [0.15, 0.2) is 34.2 Å². The highest BCUT2D eigenvalue weighted by molar-refractivity contribution is 7.98. The number of fused-ring (bicyclic) bond motifs is 3. The van der Waals surface area contributed by atoms with Crippen LogP contribution in [0.3, 0.4) is 0 Å². The summed E-state index contributed by atoms with van der Waals surface area (Å²) in [6, 6.07) is 6.53. The summed E-state index contributed by atoms with van der Waals surface area (Å²) in [5.41, 5.74) is 2.27. The molecule has 3 heterocycles. The van der Waals surface area contributed by atoms with E-state index in [0.29, 0.717) is 17.5 Å². The summed E-state index contributed by atoms with van der Waals surface area (Å²) in [6.45, 7) is 1.27. The number of nitro benzene ring substituents is 1. The molecule has 2 aliphatic rings. The predicted octanol–water partition coefficient (Wildman–Crippen LogP) is 4.33. The highest BCUT2D eigenvalue weighted by atomic mass is 32.2. The summed E-state index contributed by atoms with van der Waals surface area (Å²) >= 11 is 3.15. The molecule has 0 spiro atoms. The quantitative estimate of drug-likeness (QED) is 0.244. The molecule has 2 aromatic heterocycles.